The van der Waals surface area contributed by atoms with Crippen molar-refractivity contribution in [2.45, 2.75) is 20.0 Å². The highest BCUT2D eigenvalue weighted by molar-refractivity contribution is 5.75. The van der Waals surface area contributed by atoms with E-state index in [0.717, 1.165) is 0 Å². The standard InChI is InChI=1S/C6H10O3/c1-3-4(2)5(7)6(8)9/h3,5,7H,1-2H3,(H,8,9). The first kappa shape index (κ1) is 8.17. The van der Waals surface area contributed by atoms with Gasteiger partial charge in [-0.15, -0.1) is 0 Å². The van der Waals surface area contributed by atoms with E-state index in [1.54, 1.807) is 19.9 Å². The van der Waals surface area contributed by atoms with E-state index >= 15 is 0 Å². The first-order chi connectivity index (χ1) is 4.09. The maximum absolute atomic E-state index is 10.0. The molecule has 0 aliphatic heterocycles. The largest absolute Gasteiger partial charge is 0.479 e. The van der Waals surface area contributed by atoms with Crippen molar-refractivity contribution in [1.82, 2.24) is 0 Å². The third-order valence-corrected chi connectivity index (χ3v) is 1.12. The molecular formula is C6H10O3. The van der Waals surface area contributed by atoms with Crippen LogP contribution in [0.1, 0.15) is 13.8 Å². The van der Waals surface area contributed by atoms with E-state index < -0.39 is 12.1 Å². The summed E-state index contributed by atoms with van der Waals surface area (Å²) in [4.78, 5) is 10.0. The maximum atomic E-state index is 10.0. The zero-order valence-corrected chi connectivity index (χ0v) is 5.46. The van der Waals surface area contributed by atoms with Gasteiger partial charge in [0.05, 0.1) is 0 Å². The highest BCUT2D eigenvalue weighted by atomic mass is 16.4. The first-order valence-corrected chi connectivity index (χ1v) is 2.63. The van der Waals surface area contributed by atoms with Crippen LogP contribution in [0.25, 0.3) is 0 Å². The van der Waals surface area contributed by atoms with E-state index in [4.69, 9.17) is 10.2 Å². The molecule has 0 aromatic rings. The molecule has 0 rings (SSSR count). The minimum Gasteiger partial charge on any atom is -0.479 e. The molecule has 3 nitrogen and oxygen atoms in total. The molecule has 0 saturated carbocycles. The van der Waals surface area contributed by atoms with Crippen LogP contribution in [0.3, 0.4) is 0 Å². The predicted octanol–water partition coefficient (Wildman–Crippen LogP) is 0.398. The molecule has 9 heavy (non-hydrogen) atoms. The Labute approximate surface area is 53.6 Å². The quantitative estimate of drug-likeness (QED) is 0.532. The highest BCUT2D eigenvalue weighted by Crippen LogP contribution is 1.99. The van der Waals surface area contributed by atoms with Gasteiger partial charge in [-0.25, -0.2) is 4.79 Å². The fourth-order valence-electron chi connectivity index (χ4n) is 0.353. The Hall–Kier alpha value is -0.830. The van der Waals surface area contributed by atoms with Crippen molar-refractivity contribution < 1.29 is 15.0 Å². The van der Waals surface area contributed by atoms with Gasteiger partial charge in [-0.1, -0.05) is 6.08 Å². The minimum atomic E-state index is -1.34. The van der Waals surface area contributed by atoms with E-state index in [1.807, 2.05) is 0 Å². The number of carboxylic acid groups (broad SMARTS) is 1. The summed E-state index contributed by atoms with van der Waals surface area (Å²) in [6.45, 7) is 3.25. The number of hydrogen-bond acceptors (Lipinski definition) is 2. The van der Waals surface area contributed by atoms with Crippen molar-refractivity contribution in [3.63, 3.8) is 0 Å². The summed E-state index contributed by atoms with van der Waals surface area (Å²) in [5, 5.41) is 16.9. The van der Waals surface area contributed by atoms with Crippen LogP contribution < -0.4 is 0 Å². The molecule has 0 amide bonds. The van der Waals surface area contributed by atoms with Gasteiger partial charge in [0, 0.05) is 0 Å². The van der Waals surface area contributed by atoms with Crippen molar-refractivity contribution >= 4 is 5.97 Å². The van der Waals surface area contributed by atoms with E-state index in [1.165, 1.54) is 0 Å². The molecule has 1 unspecified atom stereocenters. The lowest BCUT2D eigenvalue weighted by Crippen LogP contribution is -2.20. The Morgan fingerprint density at radius 3 is 2.22 bits per heavy atom. The lowest BCUT2D eigenvalue weighted by atomic mass is 10.2. The number of rotatable bonds is 2. The number of carbonyl (C=O) groups is 1. The van der Waals surface area contributed by atoms with Crippen LogP contribution in [0.4, 0.5) is 0 Å². The van der Waals surface area contributed by atoms with Gasteiger partial charge in [0.2, 0.25) is 0 Å². The second kappa shape index (κ2) is 3.25. The summed E-state index contributed by atoms with van der Waals surface area (Å²) in [6.07, 6.45) is 0.230. The van der Waals surface area contributed by atoms with Crippen LogP contribution in [0.5, 0.6) is 0 Å². The Bertz CT molecular complexity index is 137. The van der Waals surface area contributed by atoms with Gasteiger partial charge in [0.25, 0.3) is 0 Å². The second-order valence-corrected chi connectivity index (χ2v) is 1.77. The smallest absolute Gasteiger partial charge is 0.336 e. The molecule has 0 heterocycles. The molecule has 0 aliphatic rings. The second-order valence-electron chi connectivity index (χ2n) is 1.77. The number of aliphatic hydroxyl groups excluding tert-OH is 1. The van der Waals surface area contributed by atoms with Gasteiger partial charge in [-0.2, -0.15) is 0 Å². The van der Waals surface area contributed by atoms with Crippen molar-refractivity contribution in [2.75, 3.05) is 0 Å². The Balaban J connectivity index is 4.04. The van der Waals surface area contributed by atoms with E-state index in [-0.39, 0.29) is 0 Å². The molecule has 0 aromatic carbocycles. The fraction of sp³-hybridized carbons (Fsp3) is 0.500. The van der Waals surface area contributed by atoms with E-state index in [9.17, 15) is 4.79 Å². The topological polar surface area (TPSA) is 57.5 Å². The minimum absolute atomic E-state index is 0.461. The Morgan fingerprint density at radius 2 is 2.11 bits per heavy atom. The van der Waals surface area contributed by atoms with Gasteiger partial charge in [0.15, 0.2) is 6.10 Å². The monoisotopic (exact) mass is 130 g/mol. The lowest BCUT2D eigenvalue weighted by molar-refractivity contribution is -0.144. The first-order valence-electron chi connectivity index (χ1n) is 2.63. The molecule has 0 saturated heterocycles. The summed E-state index contributed by atoms with van der Waals surface area (Å²) < 4.78 is 0. The van der Waals surface area contributed by atoms with Crippen molar-refractivity contribution in [2.24, 2.45) is 0 Å². The molecule has 0 bridgehead atoms. The summed E-state index contributed by atoms with van der Waals surface area (Å²) in [7, 11) is 0. The molecular weight excluding hydrogens is 120 g/mol. The molecule has 1 atom stereocenters. The fourth-order valence-corrected chi connectivity index (χ4v) is 0.353. The third-order valence-electron chi connectivity index (χ3n) is 1.12. The molecule has 0 spiro atoms. The number of allylic oxidation sites excluding steroid dienone is 1. The molecule has 3 heteroatoms. The molecule has 0 aromatic heterocycles. The van der Waals surface area contributed by atoms with Gasteiger partial charge in [-0.3, -0.25) is 0 Å². The summed E-state index contributed by atoms with van der Waals surface area (Å²) >= 11 is 0. The number of aliphatic hydroxyl groups is 1. The molecule has 0 fully saturated rings. The van der Waals surface area contributed by atoms with Gasteiger partial charge in [0.1, 0.15) is 0 Å². The SMILES string of the molecule is CC=C(C)C(O)C(=O)O. The van der Waals surface area contributed by atoms with Gasteiger partial charge >= 0.3 is 5.97 Å². The third kappa shape index (κ3) is 2.28. The van der Waals surface area contributed by atoms with E-state index in [0.29, 0.717) is 5.57 Å². The number of carboxylic acids is 1. The summed E-state index contributed by atoms with van der Waals surface area (Å²) in [6, 6.07) is 0. The van der Waals surface area contributed by atoms with Gasteiger partial charge in [-0.05, 0) is 19.4 Å². The van der Waals surface area contributed by atoms with Gasteiger partial charge < -0.3 is 10.2 Å². The summed E-state index contributed by atoms with van der Waals surface area (Å²) in [5.41, 5.74) is 0.461. The zero-order chi connectivity index (χ0) is 7.44. The predicted molar refractivity (Wildman–Crippen MR) is 33.1 cm³/mol. The Morgan fingerprint density at radius 1 is 1.67 bits per heavy atom. The van der Waals surface area contributed by atoms with Crippen LogP contribution in [-0.2, 0) is 4.79 Å². The number of hydrogen-bond donors (Lipinski definition) is 2. The van der Waals surface area contributed by atoms with Crippen LogP contribution in [0, 0.1) is 0 Å². The lowest BCUT2D eigenvalue weighted by Gasteiger charge is -2.02. The van der Waals surface area contributed by atoms with Crippen LogP contribution >= 0.6 is 0 Å². The van der Waals surface area contributed by atoms with Crippen molar-refractivity contribution in [1.29, 1.82) is 0 Å². The van der Waals surface area contributed by atoms with Crippen molar-refractivity contribution in [3.8, 4) is 0 Å². The molecule has 2 N–H and O–H groups in total. The van der Waals surface area contributed by atoms with Crippen LogP contribution in [-0.4, -0.2) is 22.3 Å². The normalized spacial score (nSPS) is 15.2. The molecule has 52 valence electrons. The molecule has 0 aliphatic carbocycles. The average Bonchev–Trinajstić information content (AvgIpc) is 1.84. The van der Waals surface area contributed by atoms with E-state index in [2.05, 4.69) is 0 Å². The van der Waals surface area contributed by atoms with Crippen molar-refractivity contribution in [3.05, 3.63) is 11.6 Å². The highest BCUT2D eigenvalue weighted by Gasteiger charge is 2.13. The van der Waals surface area contributed by atoms with Crippen LogP contribution in [0.15, 0.2) is 11.6 Å². The Kier molecular flexibility index (Phi) is 2.95. The molecule has 0 radical (unpaired) electrons. The summed E-state index contributed by atoms with van der Waals surface area (Å²) in [5.74, 6) is -1.20. The van der Waals surface area contributed by atoms with Crippen LogP contribution in [0.2, 0.25) is 0 Å². The maximum Gasteiger partial charge on any atom is 0.336 e. The number of aliphatic carboxylic acids is 1. The zero-order valence-electron chi connectivity index (χ0n) is 5.46. The average molecular weight is 130 g/mol.